The van der Waals surface area contributed by atoms with Gasteiger partial charge in [-0.05, 0) is 58.9 Å². The van der Waals surface area contributed by atoms with E-state index in [-0.39, 0.29) is 5.92 Å². The Morgan fingerprint density at radius 3 is 1.80 bits per heavy atom. The van der Waals surface area contributed by atoms with Gasteiger partial charge in [-0.1, -0.05) is 62.4 Å². The van der Waals surface area contributed by atoms with Gasteiger partial charge in [0, 0.05) is 5.92 Å². The molecule has 0 fully saturated rings. The molecule has 0 aromatic heterocycles. The maximum absolute atomic E-state index is 9.51. The molecule has 2 atom stereocenters. The molecular formula is C23H24O2. The molecule has 0 aliphatic rings. The Morgan fingerprint density at radius 1 is 0.680 bits per heavy atom. The van der Waals surface area contributed by atoms with E-state index in [1.807, 2.05) is 24.3 Å². The minimum absolute atomic E-state index is 0.267. The van der Waals surface area contributed by atoms with Crippen molar-refractivity contribution < 1.29 is 10.2 Å². The Labute approximate surface area is 149 Å². The van der Waals surface area contributed by atoms with Gasteiger partial charge in [-0.2, -0.15) is 0 Å². The highest BCUT2D eigenvalue weighted by molar-refractivity contribution is 5.40. The van der Waals surface area contributed by atoms with E-state index in [2.05, 4.69) is 38.1 Å². The summed E-state index contributed by atoms with van der Waals surface area (Å²) in [6, 6.07) is 23.5. The van der Waals surface area contributed by atoms with Gasteiger partial charge in [0.25, 0.3) is 0 Å². The lowest BCUT2D eigenvalue weighted by atomic mass is 9.85. The second kappa shape index (κ2) is 7.43. The number of phenols is 2. The van der Waals surface area contributed by atoms with Crippen LogP contribution in [0.2, 0.25) is 0 Å². The standard InChI is InChI=1S/C23H24O2/c1-16(18-7-11-21(24)12-8-18)15-20-5-3-4-6-23(20)17(2)19-9-13-22(25)14-10-19/h3-14,16-17,24-25H,15H2,1-2H3. The van der Waals surface area contributed by atoms with Gasteiger partial charge < -0.3 is 10.2 Å². The summed E-state index contributed by atoms with van der Waals surface area (Å²) in [5.74, 6) is 1.24. The van der Waals surface area contributed by atoms with Crippen LogP contribution in [-0.2, 0) is 6.42 Å². The molecule has 2 N–H and O–H groups in total. The quantitative estimate of drug-likeness (QED) is 0.639. The Bertz CT molecular complexity index is 819. The first-order chi connectivity index (χ1) is 12.0. The summed E-state index contributed by atoms with van der Waals surface area (Å²) < 4.78 is 0. The molecule has 2 unspecified atom stereocenters. The van der Waals surface area contributed by atoms with Crippen LogP contribution in [0.15, 0.2) is 72.8 Å². The fourth-order valence-electron chi connectivity index (χ4n) is 3.34. The smallest absolute Gasteiger partial charge is 0.115 e. The van der Waals surface area contributed by atoms with Gasteiger partial charge in [-0.3, -0.25) is 0 Å². The van der Waals surface area contributed by atoms with Gasteiger partial charge >= 0.3 is 0 Å². The predicted octanol–water partition coefficient (Wildman–Crippen LogP) is 5.60. The first kappa shape index (κ1) is 17.1. The molecule has 128 valence electrons. The molecule has 0 saturated carbocycles. The van der Waals surface area contributed by atoms with Crippen LogP contribution in [0, 0.1) is 0 Å². The molecule has 25 heavy (non-hydrogen) atoms. The third-order valence-electron chi connectivity index (χ3n) is 4.90. The van der Waals surface area contributed by atoms with E-state index in [1.165, 1.54) is 22.3 Å². The molecule has 0 bridgehead atoms. The number of rotatable bonds is 5. The second-order valence-electron chi connectivity index (χ2n) is 6.71. The highest BCUT2D eigenvalue weighted by Crippen LogP contribution is 2.31. The van der Waals surface area contributed by atoms with Crippen molar-refractivity contribution in [3.05, 3.63) is 95.1 Å². The van der Waals surface area contributed by atoms with E-state index in [4.69, 9.17) is 0 Å². The Hall–Kier alpha value is -2.74. The monoisotopic (exact) mass is 332 g/mol. The molecule has 3 aromatic carbocycles. The SMILES string of the molecule is CC(Cc1ccccc1C(C)c1ccc(O)cc1)c1ccc(O)cc1. The average Bonchev–Trinajstić information content (AvgIpc) is 2.63. The molecule has 0 heterocycles. The van der Waals surface area contributed by atoms with E-state index in [9.17, 15) is 10.2 Å². The minimum Gasteiger partial charge on any atom is -0.508 e. The Balaban J connectivity index is 1.85. The first-order valence-electron chi connectivity index (χ1n) is 8.70. The van der Waals surface area contributed by atoms with Crippen LogP contribution in [-0.4, -0.2) is 10.2 Å². The topological polar surface area (TPSA) is 40.5 Å². The van der Waals surface area contributed by atoms with E-state index in [0.29, 0.717) is 17.4 Å². The molecule has 0 aliphatic heterocycles. The van der Waals surface area contributed by atoms with E-state index in [1.54, 1.807) is 24.3 Å². The molecule has 0 radical (unpaired) electrons. The Kier molecular flexibility index (Phi) is 5.08. The highest BCUT2D eigenvalue weighted by atomic mass is 16.3. The summed E-state index contributed by atoms with van der Waals surface area (Å²) in [5.41, 5.74) is 5.08. The van der Waals surface area contributed by atoms with Crippen LogP contribution in [0.3, 0.4) is 0 Å². The second-order valence-corrected chi connectivity index (χ2v) is 6.71. The molecule has 0 saturated heterocycles. The largest absolute Gasteiger partial charge is 0.508 e. The van der Waals surface area contributed by atoms with Crippen molar-refractivity contribution in [2.24, 2.45) is 0 Å². The molecule has 3 rings (SSSR count). The van der Waals surface area contributed by atoms with Crippen molar-refractivity contribution in [1.29, 1.82) is 0 Å². The number of aromatic hydroxyl groups is 2. The van der Waals surface area contributed by atoms with Crippen LogP contribution < -0.4 is 0 Å². The van der Waals surface area contributed by atoms with Crippen molar-refractivity contribution in [2.45, 2.75) is 32.1 Å². The van der Waals surface area contributed by atoms with Crippen molar-refractivity contribution >= 4 is 0 Å². The average molecular weight is 332 g/mol. The molecule has 3 aromatic rings. The van der Waals surface area contributed by atoms with Crippen molar-refractivity contribution in [2.75, 3.05) is 0 Å². The van der Waals surface area contributed by atoms with Gasteiger partial charge in [0.2, 0.25) is 0 Å². The van der Waals surface area contributed by atoms with Gasteiger partial charge in [0.15, 0.2) is 0 Å². The van der Waals surface area contributed by atoms with Gasteiger partial charge in [-0.25, -0.2) is 0 Å². The fourth-order valence-corrected chi connectivity index (χ4v) is 3.34. The zero-order valence-electron chi connectivity index (χ0n) is 14.7. The minimum atomic E-state index is 0.267. The summed E-state index contributed by atoms with van der Waals surface area (Å²) in [4.78, 5) is 0. The number of benzene rings is 3. The lowest BCUT2D eigenvalue weighted by Gasteiger charge is -2.20. The predicted molar refractivity (Wildman–Crippen MR) is 102 cm³/mol. The summed E-state index contributed by atoms with van der Waals surface area (Å²) >= 11 is 0. The molecule has 2 heteroatoms. The Morgan fingerprint density at radius 2 is 1.20 bits per heavy atom. The van der Waals surface area contributed by atoms with Crippen molar-refractivity contribution in [1.82, 2.24) is 0 Å². The first-order valence-corrected chi connectivity index (χ1v) is 8.70. The lowest BCUT2D eigenvalue weighted by Crippen LogP contribution is -2.05. The van der Waals surface area contributed by atoms with Gasteiger partial charge in [-0.15, -0.1) is 0 Å². The zero-order valence-corrected chi connectivity index (χ0v) is 14.7. The highest BCUT2D eigenvalue weighted by Gasteiger charge is 2.15. The van der Waals surface area contributed by atoms with Crippen molar-refractivity contribution in [3.63, 3.8) is 0 Å². The third kappa shape index (κ3) is 4.03. The lowest BCUT2D eigenvalue weighted by molar-refractivity contribution is 0.474. The number of phenolic OH excluding ortho intramolecular Hbond substituents is 2. The summed E-state index contributed by atoms with van der Waals surface area (Å²) in [5, 5.41) is 19.0. The fraction of sp³-hybridized carbons (Fsp3) is 0.217. The molecule has 2 nitrogen and oxygen atoms in total. The maximum atomic E-state index is 9.51. The van der Waals surface area contributed by atoms with Crippen LogP contribution in [0.25, 0.3) is 0 Å². The molecular weight excluding hydrogens is 308 g/mol. The van der Waals surface area contributed by atoms with Crippen LogP contribution >= 0.6 is 0 Å². The molecule has 0 spiro atoms. The number of hydrogen-bond donors (Lipinski definition) is 2. The normalized spacial score (nSPS) is 13.4. The van der Waals surface area contributed by atoms with Crippen LogP contribution in [0.4, 0.5) is 0 Å². The van der Waals surface area contributed by atoms with E-state index < -0.39 is 0 Å². The molecule has 0 aliphatic carbocycles. The third-order valence-corrected chi connectivity index (χ3v) is 4.90. The van der Waals surface area contributed by atoms with Crippen LogP contribution in [0.1, 0.15) is 47.9 Å². The van der Waals surface area contributed by atoms with E-state index >= 15 is 0 Å². The summed E-state index contributed by atoms with van der Waals surface area (Å²) in [6.07, 6.45) is 0.948. The van der Waals surface area contributed by atoms with E-state index in [0.717, 1.165) is 6.42 Å². The van der Waals surface area contributed by atoms with Gasteiger partial charge in [0.1, 0.15) is 11.5 Å². The van der Waals surface area contributed by atoms with Crippen molar-refractivity contribution in [3.8, 4) is 11.5 Å². The maximum Gasteiger partial charge on any atom is 0.115 e. The molecule has 0 amide bonds. The summed E-state index contributed by atoms with van der Waals surface area (Å²) in [6.45, 7) is 4.42. The number of hydrogen-bond acceptors (Lipinski definition) is 2. The van der Waals surface area contributed by atoms with Gasteiger partial charge in [0.05, 0.1) is 0 Å². The van der Waals surface area contributed by atoms with Crippen LogP contribution in [0.5, 0.6) is 11.5 Å². The zero-order chi connectivity index (χ0) is 17.8. The summed E-state index contributed by atoms with van der Waals surface area (Å²) in [7, 11) is 0.